The van der Waals surface area contributed by atoms with Crippen LogP contribution in [0.25, 0.3) is 0 Å². The van der Waals surface area contributed by atoms with E-state index in [1.54, 1.807) is 7.11 Å². The van der Waals surface area contributed by atoms with Crippen molar-refractivity contribution in [3.8, 4) is 5.75 Å². The lowest BCUT2D eigenvalue weighted by Crippen LogP contribution is -2.37. The van der Waals surface area contributed by atoms with E-state index in [9.17, 15) is 9.46 Å². The molecule has 3 rings (SSSR count). The third-order valence-corrected chi connectivity index (χ3v) is 13.4. The second-order valence-corrected chi connectivity index (χ2v) is 19.2. The van der Waals surface area contributed by atoms with E-state index in [0.29, 0.717) is 13.0 Å². The minimum atomic E-state index is -4.41. The molecule has 0 saturated carbocycles. The van der Waals surface area contributed by atoms with Gasteiger partial charge in [0.2, 0.25) is 0 Å². The van der Waals surface area contributed by atoms with E-state index in [-0.39, 0.29) is 19.8 Å². The fourth-order valence-corrected chi connectivity index (χ4v) is 9.48. The molecule has 0 aliphatic carbocycles. The topological polar surface area (TPSA) is 83.5 Å². The number of phosphoric acid groups is 1. The minimum absolute atomic E-state index is 0.0126. The van der Waals surface area contributed by atoms with Crippen molar-refractivity contribution >= 4 is 7.82 Å². The van der Waals surface area contributed by atoms with Gasteiger partial charge in [0.15, 0.2) is 0 Å². The number of ether oxygens (including phenoxy) is 3. The molecular formula is C55H89O7P. The summed E-state index contributed by atoms with van der Waals surface area (Å²) in [6.07, 6.45) is 34.6. The van der Waals surface area contributed by atoms with Gasteiger partial charge in [0.05, 0.1) is 26.9 Å². The van der Waals surface area contributed by atoms with Gasteiger partial charge in [-0.05, 0) is 41.7 Å². The van der Waals surface area contributed by atoms with E-state index in [0.717, 1.165) is 48.1 Å². The van der Waals surface area contributed by atoms with Crippen LogP contribution >= 0.6 is 7.82 Å². The Bertz CT molecular complexity index is 1480. The van der Waals surface area contributed by atoms with Crippen molar-refractivity contribution < 1.29 is 32.7 Å². The van der Waals surface area contributed by atoms with Crippen LogP contribution in [-0.2, 0) is 28.7 Å². The molecule has 0 saturated heterocycles. The number of phosphoric ester groups is 1. The number of rotatable bonds is 42. The number of benzene rings is 3. The largest absolute Gasteiger partial charge is 0.497 e. The van der Waals surface area contributed by atoms with Gasteiger partial charge in [-0.3, -0.25) is 9.05 Å². The maximum Gasteiger partial charge on any atom is 0.472 e. The quantitative estimate of drug-likeness (QED) is 0.0344. The van der Waals surface area contributed by atoms with E-state index in [4.69, 9.17) is 23.3 Å². The summed E-state index contributed by atoms with van der Waals surface area (Å²) in [6, 6.07) is 28.1. The van der Waals surface area contributed by atoms with Crippen molar-refractivity contribution in [3.05, 3.63) is 102 Å². The number of methoxy groups -OCH3 is 1. The second kappa shape index (κ2) is 35.7. The molecular weight excluding hydrogens is 804 g/mol. The van der Waals surface area contributed by atoms with Crippen LogP contribution in [0.5, 0.6) is 5.75 Å². The van der Waals surface area contributed by atoms with Gasteiger partial charge in [0.25, 0.3) is 0 Å². The molecule has 0 heterocycles. The SMILES string of the molecule is CCCCCCCCCCCCCCCCOCC(COC(c1ccccc1)(c1ccccc1)c1ccc(OC)cc1)OP(=O)(O)OCCCCCCCCCCCCCCCC. The Labute approximate surface area is 385 Å². The smallest absolute Gasteiger partial charge is 0.472 e. The Morgan fingerprint density at radius 2 is 0.841 bits per heavy atom. The molecule has 0 radical (unpaired) electrons. The summed E-state index contributed by atoms with van der Waals surface area (Å²) in [5.41, 5.74) is 1.68. The van der Waals surface area contributed by atoms with Crippen LogP contribution < -0.4 is 4.74 Å². The molecule has 2 unspecified atom stereocenters. The first kappa shape index (κ1) is 54.8. The average molecular weight is 893 g/mol. The molecule has 0 amide bonds. The highest BCUT2D eigenvalue weighted by Crippen LogP contribution is 2.46. The van der Waals surface area contributed by atoms with Crippen LogP contribution in [0, 0.1) is 0 Å². The number of hydrogen-bond donors (Lipinski definition) is 1. The van der Waals surface area contributed by atoms with Crippen molar-refractivity contribution in [1.82, 2.24) is 0 Å². The lowest BCUT2D eigenvalue weighted by molar-refractivity contribution is -0.0642. The lowest BCUT2D eigenvalue weighted by Gasteiger charge is -2.37. The zero-order chi connectivity index (χ0) is 44.9. The monoisotopic (exact) mass is 893 g/mol. The molecule has 0 bridgehead atoms. The number of hydrogen-bond acceptors (Lipinski definition) is 6. The minimum Gasteiger partial charge on any atom is -0.497 e. The van der Waals surface area contributed by atoms with Gasteiger partial charge >= 0.3 is 7.82 Å². The Morgan fingerprint density at radius 3 is 1.24 bits per heavy atom. The van der Waals surface area contributed by atoms with Gasteiger partial charge in [-0.1, -0.05) is 254 Å². The summed E-state index contributed by atoms with van der Waals surface area (Å²) in [6.45, 7) is 5.36. The van der Waals surface area contributed by atoms with Gasteiger partial charge in [-0.15, -0.1) is 0 Å². The van der Waals surface area contributed by atoms with Crippen LogP contribution in [0.4, 0.5) is 0 Å². The van der Waals surface area contributed by atoms with Crippen molar-refractivity contribution in [1.29, 1.82) is 0 Å². The summed E-state index contributed by atoms with van der Waals surface area (Å²) in [7, 11) is -2.76. The van der Waals surface area contributed by atoms with Crippen LogP contribution in [0.2, 0.25) is 0 Å². The lowest BCUT2D eigenvalue weighted by atomic mass is 9.80. The number of unbranched alkanes of at least 4 members (excludes halogenated alkanes) is 26. The van der Waals surface area contributed by atoms with Crippen LogP contribution in [0.1, 0.15) is 210 Å². The summed E-state index contributed by atoms with van der Waals surface area (Å²) >= 11 is 0. The Kier molecular flexibility index (Phi) is 31.1. The molecule has 3 aromatic carbocycles. The zero-order valence-electron chi connectivity index (χ0n) is 40.1. The van der Waals surface area contributed by atoms with Crippen LogP contribution in [-0.4, -0.2) is 44.5 Å². The predicted octanol–water partition coefficient (Wildman–Crippen LogP) is 16.5. The summed E-state index contributed by atoms with van der Waals surface area (Å²) in [4.78, 5) is 11.0. The standard InChI is InChI=1S/C55H89O7P/c1-4-6-8-10-12-14-16-18-20-22-24-26-28-36-46-59-48-54(62-63(56,57)61-47-37-29-27-25-23-21-19-17-15-13-11-9-7-5-2)49-60-55(50-38-32-30-33-39-50,51-40-34-31-35-41-51)52-42-44-53(58-3)45-43-52/h30-35,38-45,54H,4-29,36-37,46-49H2,1-3H3,(H,56,57). The van der Waals surface area contributed by atoms with Gasteiger partial charge in [-0.25, -0.2) is 4.57 Å². The predicted molar refractivity (Wildman–Crippen MR) is 264 cm³/mol. The molecule has 3 aromatic rings. The van der Waals surface area contributed by atoms with Crippen molar-refractivity contribution in [3.63, 3.8) is 0 Å². The van der Waals surface area contributed by atoms with Gasteiger partial charge in [-0.2, -0.15) is 0 Å². The van der Waals surface area contributed by atoms with Crippen molar-refractivity contribution in [2.75, 3.05) is 33.5 Å². The molecule has 0 aliphatic heterocycles. The van der Waals surface area contributed by atoms with E-state index in [2.05, 4.69) is 38.1 Å². The summed E-state index contributed by atoms with van der Waals surface area (Å²) < 4.78 is 43.8. The van der Waals surface area contributed by atoms with Crippen LogP contribution in [0.15, 0.2) is 84.9 Å². The third-order valence-electron chi connectivity index (χ3n) is 12.3. The molecule has 0 aliphatic rings. The molecule has 0 spiro atoms. The molecule has 356 valence electrons. The molecule has 8 heteroatoms. The first-order valence-corrected chi connectivity index (χ1v) is 27.1. The van der Waals surface area contributed by atoms with Crippen molar-refractivity contribution in [2.24, 2.45) is 0 Å². The van der Waals surface area contributed by atoms with Gasteiger partial charge in [0.1, 0.15) is 17.5 Å². The van der Waals surface area contributed by atoms with E-state index in [1.165, 1.54) is 148 Å². The first-order chi connectivity index (χ1) is 30.9. The fourth-order valence-electron chi connectivity index (χ4n) is 8.56. The zero-order valence-corrected chi connectivity index (χ0v) is 41.0. The summed E-state index contributed by atoms with van der Waals surface area (Å²) in [5, 5.41) is 0. The second-order valence-electron chi connectivity index (χ2n) is 17.7. The Morgan fingerprint density at radius 1 is 0.476 bits per heavy atom. The molecule has 1 N–H and O–H groups in total. The molecule has 7 nitrogen and oxygen atoms in total. The molecule has 0 fully saturated rings. The van der Waals surface area contributed by atoms with E-state index >= 15 is 0 Å². The van der Waals surface area contributed by atoms with E-state index in [1.807, 2.05) is 60.7 Å². The maximum atomic E-state index is 13.5. The summed E-state index contributed by atoms with van der Waals surface area (Å²) in [5.74, 6) is 0.740. The Hall–Kier alpha value is -2.51. The third kappa shape index (κ3) is 24.0. The van der Waals surface area contributed by atoms with Gasteiger partial charge < -0.3 is 19.1 Å². The highest BCUT2D eigenvalue weighted by Gasteiger charge is 2.39. The maximum absolute atomic E-state index is 13.5. The molecule has 0 aromatic heterocycles. The molecule has 2 atom stereocenters. The van der Waals surface area contributed by atoms with Gasteiger partial charge in [0, 0.05) is 6.61 Å². The Balaban J connectivity index is 1.54. The molecule has 63 heavy (non-hydrogen) atoms. The first-order valence-electron chi connectivity index (χ1n) is 25.6. The van der Waals surface area contributed by atoms with E-state index < -0.39 is 19.5 Å². The average Bonchev–Trinajstić information content (AvgIpc) is 3.31. The highest BCUT2D eigenvalue weighted by molar-refractivity contribution is 7.47. The van der Waals surface area contributed by atoms with Crippen LogP contribution in [0.3, 0.4) is 0 Å². The normalized spacial score (nSPS) is 13.3. The van der Waals surface area contributed by atoms with Crippen molar-refractivity contribution in [2.45, 2.75) is 205 Å². The highest BCUT2D eigenvalue weighted by atomic mass is 31.2. The fraction of sp³-hybridized carbons (Fsp3) is 0.673.